The van der Waals surface area contributed by atoms with Gasteiger partial charge in [0.05, 0.1) is 5.69 Å². The van der Waals surface area contributed by atoms with Gasteiger partial charge in [-0.05, 0) is 37.0 Å². The number of nitrogen functional groups attached to an aromatic ring is 1. The van der Waals surface area contributed by atoms with E-state index < -0.39 is 0 Å². The molecule has 0 unspecified atom stereocenters. The molecule has 0 spiro atoms. The quantitative estimate of drug-likeness (QED) is 0.586. The molecule has 0 saturated carbocycles. The van der Waals surface area contributed by atoms with Crippen LogP contribution in [0.5, 0.6) is 0 Å². The number of nitrogens with two attached hydrogens (primary N) is 1. The van der Waals surface area contributed by atoms with Crippen LogP contribution >= 0.6 is 12.4 Å². The average Bonchev–Trinajstić information content (AvgIpc) is 2.38. The summed E-state index contributed by atoms with van der Waals surface area (Å²) < 4.78 is 13.9. The van der Waals surface area contributed by atoms with Crippen LogP contribution in [-0.2, 0) is 0 Å². The SMILES string of the molecule is Cl.N=C(N)c1ccc(N2CCC(CO)CC2)c(F)c1. The van der Waals surface area contributed by atoms with Gasteiger partial charge in [0.2, 0.25) is 0 Å². The standard InChI is InChI=1S/C13H18FN3O.ClH/c14-11-7-10(13(15)16)1-2-12(11)17-5-3-9(8-18)4-6-17;/h1-2,7,9,18H,3-6,8H2,(H3,15,16);1H. The topological polar surface area (TPSA) is 73.3 Å². The summed E-state index contributed by atoms with van der Waals surface area (Å²) in [7, 11) is 0. The maximum Gasteiger partial charge on any atom is 0.147 e. The summed E-state index contributed by atoms with van der Waals surface area (Å²) in [5.41, 5.74) is 6.28. The van der Waals surface area contributed by atoms with Crippen molar-refractivity contribution in [2.24, 2.45) is 11.7 Å². The summed E-state index contributed by atoms with van der Waals surface area (Å²) in [6.45, 7) is 1.71. The van der Waals surface area contributed by atoms with Crippen LogP contribution in [0.2, 0.25) is 0 Å². The number of halogens is 2. The lowest BCUT2D eigenvalue weighted by Crippen LogP contribution is -2.35. The zero-order chi connectivity index (χ0) is 13.1. The lowest BCUT2D eigenvalue weighted by atomic mass is 9.97. The summed E-state index contributed by atoms with van der Waals surface area (Å²) in [5.74, 6) is -0.134. The van der Waals surface area contributed by atoms with Crippen LogP contribution in [-0.4, -0.2) is 30.6 Å². The summed E-state index contributed by atoms with van der Waals surface area (Å²) >= 11 is 0. The molecule has 1 aliphatic heterocycles. The number of hydrogen-bond acceptors (Lipinski definition) is 3. The molecule has 0 amide bonds. The molecule has 0 radical (unpaired) electrons. The first kappa shape index (κ1) is 15.7. The lowest BCUT2D eigenvalue weighted by molar-refractivity contribution is 0.203. The highest BCUT2D eigenvalue weighted by Gasteiger charge is 2.20. The molecule has 0 aliphatic carbocycles. The molecule has 0 bridgehead atoms. The Morgan fingerprint density at radius 2 is 2.05 bits per heavy atom. The summed E-state index contributed by atoms with van der Waals surface area (Å²) in [5, 5.41) is 16.3. The zero-order valence-corrected chi connectivity index (χ0v) is 11.4. The van der Waals surface area contributed by atoms with E-state index in [0.717, 1.165) is 25.9 Å². The van der Waals surface area contributed by atoms with Crippen molar-refractivity contribution in [1.29, 1.82) is 5.41 Å². The predicted molar refractivity (Wildman–Crippen MR) is 76.7 cm³/mol. The molecule has 1 aromatic rings. The van der Waals surface area contributed by atoms with E-state index in [1.165, 1.54) is 6.07 Å². The molecule has 1 heterocycles. The van der Waals surface area contributed by atoms with Gasteiger partial charge in [-0.2, -0.15) is 0 Å². The second-order valence-corrected chi connectivity index (χ2v) is 4.69. The van der Waals surface area contributed by atoms with Crippen molar-refractivity contribution in [3.63, 3.8) is 0 Å². The number of amidine groups is 1. The molecule has 0 aromatic heterocycles. The van der Waals surface area contributed by atoms with E-state index in [0.29, 0.717) is 17.2 Å². The minimum absolute atomic E-state index is 0. The first-order valence-corrected chi connectivity index (χ1v) is 6.11. The highest BCUT2D eigenvalue weighted by molar-refractivity contribution is 5.95. The lowest BCUT2D eigenvalue weighted by Gasteiger charge is -2.33. The molecule has 1 saturated heterocycles. The highest BCUT2D eigenvalue weighted by Crippen LogP contribution is 2.26. The van der Waals surface area contributed by atoms with Gasteiger partial charge in [0.25, 0.3) is 0 Å². The number of rotatable bonds is 3. The molecule has 19 heavy (non-hydrogen) atoms. The van der Waals surface area contributed by atoms with Gasteiger partial charge in [-0.15, -0.1) is 12.4 Å². The maximum atomic E-state index is 13.9. The third kappa shape index (κ3) is 3.58. The Balaban J connectivity index is 0.00000180. The van der Waals surface area contributed by atoms with Gasteiger partial charge < -0.3 is 15.7 Å². The normalized spacial score (nSPS) is 16.0. The van der Waals surface area contributed by atoms with Crippen molar-refractivity contribution < 1.29 is 9.50 Å². The first-order valence-electron chi connectivity index (χ1n) is 6.11. The number of aliphatic hydroxyl groups is 1. The van der Waals surface area contributed by atoms with Gasteiger partial charge in [-0.3, -0.25) is 5.41 Å². The fourth-order valence-corrected chi connectivity index (χ4v) is 2.29. The number of nitrogens with one attached hydrogen (secondary N) is 1. The molecule has 1 aromatic carbocycles. The van der Waals surface area contributed by atoms with Gasteiger partial charge in [-0.1, -0.05) is 0 Å². The summed E-state index contributed by atoms with van der Waals surface area (Å²) in [4.78, 5) is 1.98. The number of nitrogens with zero attached hydrogens (tertiary/aromatic N) is 1. The van der Waals surface area contributed by atoms with Crippen molar-refractivity contribution >= 4 is 23.9 Å². The molecule has 4 N–H and O–H groups in total. The van der Waals surface area contributed by atoms with Crippen LogP contribution in [0.25, 0.3) is 0 Å². The van der Waals surface area contributed by atoms with Crippen LogP contribution in [0.3, 0.4) is 0 Å². The molecule has 106 valence electrons. The van der Waals surface area contributed by atoms with Crippen LogP contribution in [0, 0.1) is 17.1 Å². The number of hydrogen-bond donors (Lipinski definition) is 3. The average molecular weight is 288 g/mol. The Morgan fingerprint density at radius 3 is 2.53 bits per heavy atom. The number of anilines is 1. The van der Waals surface area contributed by atoms with E-state index in [-0.39, 0.29) is 30.7 Å². The van der Waals surface area contributed by atoms with Crippen LogP contribution < -0.4 is 10.6 Å². The Labute approximate surface area is 118 Å². The van der Waals surface area contributed by atoms with Crippen LogP contribution in [0.15, 0.2) is 18.2 Å². The van der Waals surface area contributed by atoms with E-state index in [4.69, 9.17) is 16.2 Å². The molecule has 2 rings (SSSR count). The minimum atomic E-state index is -0.342. The van der Waals surface area contributed by atoms with Gasteiger partial charge in [0.1, 0.15) is 11.7 Å². The van der Waals surface area contributed by atoms with Gasteiger partial charge >= 0.3 is 0 Å². The molecule has 4 nitrogen and oxygen atoms in total. The Kier molecular flexibility index (Phi) is 5.57. The third-order valence-corrected chi connectivity index (χ3v) is 3.47. The smallest absolute Gasteiger partial charge is 0.147 e. The first-order chi connectivity index (χ1) is 8.61. The predicted octanol–water partition coefficient (Wildman–Crippen LogP) is 1.74. The zero-order valence-electron chi connectivity index (χ0n) is 10.6. The Morgan fingerprint density at radius 1 is 1.42 bits per heavy atom. The van der Waals surface area contributed by atoms with Crippen molar-refractivity contribution in [3.8, 4) is 0 Å². The number of aliphatic hydroxyl groups excluding tert-OH is 1. The molecule has 0 atom stereocenters. The summed E-state index contributed by atoms with van der Waals surface area (Å²) in [6, 6.07) is 4.64. The van der Waals surface area contributed by atoms with Crippen LogP contribution in [0.1, 0.15) is 18.4 Å². The van der Waals surface area contributed by atoms with E-state index in [9.17, 15) is 4.39 Å². The van der Waals surface area contributed by atoms with Crippen LogP contribution in [0.4, 0.5) is 10.1 Å². The van der Waals surface area contributed by atoms with Gasteiger partial charge in [-0.25, -0.2) is 4.39 Å². The largest absolute Gasteiger partial charge is 0.396 e. The molecule has 1 aliphatic rings. The fourth-order valence-electron chi connectivity index (χ4n) is 2.29. The maximum absolute atomic E-state index is 13.9. The van der Waals surface area contributed by atoms with Gasteiger partial charge in [0, 0.05) is 25.3 Å². The Hall–Kier alpha value is -1.33. The van der Waals surface area contributed by atoms with Gasteiger partial charge in [0.15, 0.2) is 0 Å². The van der Waals surface area contributed by atoms with Crippen molar-refractivity contribution in [1.82, 2.24) is 0 Å². The Bertz CT molecular complexity index is 448. The highest BCUT2D eigenvalue weighted by atomic mass is 35.5. The second kappa shape index (κ2) is 6.73. The monoisotopic (exact) mass is 287 g/mol. The van der Waals surface area contributed by atoms with E-state index >= 15 is 0 Å². The van der Waals surface area contributed by atoms with E-state index in [2.05, 4.69) is 0 Å². The molecular weight excluding hydrogens is 269 g/mol. The van der Waals surface area contributed by atoms with E-state index in [1.54, 1.807) is 12.1 Å². The molecule has 1 fully saturated rings. The molecule has 6 heteroatoms. The second-order valence-electron chi connectivity index (χ2n) is 4.69. The third-order valence-electron chi connectivity index (χ3n) is 3.47. The van der Waals surface area contributed by atoms with Crippen molar-refractivity contribution in [2.75, 3.05) is 24.6 Å². The number of piperidine rings is 1. The van der Waals surface area contributed by atoms with E-state index in [1.807, 2.05) is 4.90 Å². The fraction of sp³-hybridized carbons (Fsp3) is 0.462. The molecular formula is C13H19ClFN3O. The van der Waals surface area contributed by atoms with Crippen molar-refractivity contribution in [2.45, 2.75) is 12.8 Å². The minimum Gasteiger partial charge on any atom is -0.396 e. The summed E-state index contributed by atoms with van der Waals surface area (Å²) in [6.07, 6.45) is 1.76. The number of benzene rings is 1. The van der Waals surface area contributed by atoms with Crippen molar-refractivity contribution in [3.05, 3.63) is 29.6 Å².